The number of hydrogen-bond acceptors (Lipinski definition) is 6. The summed E-state index contributed by atoms with van der Waals surface area (Å²) in [4.78, 5) is 44.2. The molecule has 2 saturated heterocycles. The zero-order chi connectivity index (χ0) is 21.3. The molecule has 30 heavy (non-hydrogen) atoms. The monoisotopic (exact) mass is 430 g/mol. The Morgan fingerprint density at radius 2 is 2.13 bits per heavy atom. The Hall–Kier alpha value is -2.61. The zero-order valence-corrected chi connectivity index (χ0v) is 18.0. The number of amides is 2. The van der Waals surface area contributed by atoms with Crippen LogP contribution in [0.3, 0.4) is 0 Å². The molecule has 0 unspecified atom stereocenters. The average molecular weight is 431 g/mol. The maximum Gasteiger partial charge on any atom is 0.311 e. The molecule has 0 bridgehead atoms. The first-order chi connectivity index (χ1) is 14.5. The van der Waals surface area contributed by atoms with Gasteiger partial charge in [0.2, 0.25) is 5.91 Å². The molecule has 1 spiro atoms. The third-order valence-electron chi connectivity index (χ3n) is 6.13. The number of carbonyl (C=O) groups excluding carboxylic acids is 3. The van der Waals surface area contributed by atoms with Crippen molar-refractivity contribution in [2.45, 2.75) is 44.2 Å². The molecule has 0 saturated carbocycles. The maximum absolute atomic E-state index is 13.7. The van der Waals surface area contributed by atoms with Crippen LogP contribution in [0.15, 0.2) is 40.3 Å². The summed E-state index contributed by atoms with van der Waals surface area (Å²) in [6.45, 7) is 2.63. The van der Waals surface area contributed by atoms with Gasteiger partial charge in [0.25, 0.3) is 5.91 Å². The Balaban J connectivity index is 1.88. The molecule has 4 heterocycles. The van der Waals surface area contributed by atoms with Crippen molar-refractivity contribution in [1.82, 2.24) is 9.80 Å². The fourth-order valence-corrected chi connectivity index (χ4v) is 5.51. The van der Waals surface area contributed by atoms with E-state index in [0.717, 1.165) is 12.8 Å². The molecule has 0 radical (unpaired) electrons. The first-order valence-electron chi connectivity index (χ1n) is 10.3. The van der Waals surface area contributed by atoms with Gasteiger partial charge in [0.15, 0.2) is 0 Å². The Morgan fingerprint density at radius 1 is 1.30 bits per heavy atom. The number of hydrogen-bond donors (Lipinski definition) is 0. The minimum Gasteiger partial charge on any atom is -0.467 e. The quantitative estimate of drug-likeness (QED) is 0.694. The number of nitrogens with zero attached hydrogens (tertiary/aromatic N) is 2. The van der Waals surface area contributed by atoms with Gasteiger partial charge in [0, 0.05) is 13.6 Å². The standard InChI is InChI=1S/C22H26N2O5S/c1-3-28-20(26)15-14-22(10-4-5-11-23(2)21(22)27)24(18(15)16-8-6-12-29-16)19(25)17-9-7-13-30-17/h6-9,12-13,15,18H,3-5,10-11,14H2,1-2H3/t15-,18+,22-/m0/s1. The van der Waals surface area contributed by atoms with E-state index in [1.54, 1.807) is 42.0 Å². The third kappa shape index (κ3) is 3.33. The minimum absolute atomic E-state index is 0.117. The Labute approximate surface area is 179 Å². The third-order valence-corrected chi connectivity index (χ3v) is 6.99. The van der Waals surface area contributed by atoms with Crippen molar-refractivity contribution in [3.63, 3.8) is 0 Å². The van der Waals surface area contributed by atoms with Gasteiger partial charge < -0.3 is 19.0 Å². The lowest BCUT2D eigenvalue weighted by Gasteiger charge is -2.40. The first kappa shape index (κ1) is 20.7. The summed E-state index contributed by atoms with van der Waals surface area (Å²) in [5, 5.41) is 1.84. The number of ether oxygens (including phenoxy) is 1. The molecular formula is C22H26N2O5S. The van der Waals surface area contributed by atoms with Crippen LogP contribution in [0.25, 0.3) is 0 Å². The summed E-state index contributed by atoms with van der Waals surface area (Å²) >= 11 is 1.33. The van der Waals surface area contributed by atoms with Gasteiger partial charge in [-0.05, 0) is 56.2 Å². The number of esters is 1. The zero-order valence-electron chi connectivity index (χ0n) is 17.2. The molecule has 7 nitrogen and oxygen atoms in total. The number of rotatable bonds is 4. The van der Waals surface area contributed by atoms with Crippen molar-refractivity contribution >= 4 is 29.1 Å². The van der Waals surface area contributed by atoms with Crippen LogP contribution in [0, 0.1) is 5.92 Å². The summed E-state index contributed by atoms with van der Waals surface area (Å²) in [6, 6.07) is 6.37. The van der Waals surface area contributed by atoms with Gasteiger partial charge in [-0.25, -0.2) is 0 Å². The van der Waals surface area contributed by atoms with Gasteiger partial charge in [0.1, 0.15) is 17.3 Å². The highest BCUT2D eigenvalue weighted by Gasteiger charge is 2.62. The second kappa shape index (κ2) is 8.26. The van der Waals surface area contributed by atoms with Crippen molar-refractivity contribution in [2.24, 2.45) is 5.92 Å². The molecule has 0 aromatic carbocycles. The van der Waals surface area contributed by atoms with Gasteiger partial charge in [0.05, 0.1) is 23.7 Å². The van der Waals surface area contributed by atoms with Crippen molar-refractivity contribution < 1.29 is 23.5 Å². The molecule has 8 heteroatoms. The molecule has 2 aliphatic heterocycles. The molecule has 3 atom stereocenters. The van der Waals surface area contributed by atoms with Crippen molar-refractivity contribution in [3.05, 3.63) is 46.5 Å². The van der Waals surface area contributed by atoms with Gasteiger partial charge in [-0.15, -0.1) is 11.3 Å². The lowest BCUT2D eigenvalue weighted by atomic mass is 9.86. The Morgan fingerprint density at radius 3 is 2.80 bits per heavy atom. The maximum atomic E-state index is 13.7. The second-order valence-corrected chi connectivity index (χ2v) is 8.84. The fourth-order valence-electron chi connectivity index (χ4n) is 4.85. The first-order valence-corrected chi connectivity index (χ1v) is 11.2. The molecular weight excluding hydrogens is 404 g/mol. The highest BCUT2D eigenvalue weighted by Crippen LogP contribution is 2.51. The van der Waals surface area contributed by atoms with E-state index in [0.29, 0.717) is 23.6 Å². The summed E-state index contributed by atoms with van der Waals surface area (Å²) in [5.41, 5.74) is -1.10. The molecule has 0 aliphatic carbocycles. The number of carbonyl (C=O) groups is 3. The van der Waals surface area contributed by atoms with Crippen molar-refractivity contribution in [3.8, 4) is 0 Å². The highest BCUT2D eigenvalue weighted by atomic mass is 32.1. The number of furan rings is 1. The van der Waals surface area contributed by atoms with E-state index in [1.165, 1.54) is 17.6 Å². The lowest BCUT2D eigenvalue weighted by Crippen LogP contribution is -2.57. The van der Waals surface area contributed by atoms with E-state index in [1.807, 2.05) is 11.4 Å². The summed E-state index contributed by atoms with van der Waals surface area (Å²) in [6.07, 6.45) is 3.93. The minimum atomic E-state index is -1.10. The molecule has 2 aromatic heterocycles. The summed E-state index contributed by atoms with van der Waals surface area (Å²) < 4.78 is 11.0. The summed E-state index contributed by atoms with van der Waals surface area (Å²) in [5.74, 6) is -0.945. The Bertz CT molecular complexity index is 910. The predicted octanol–water partition coefficient (Wildman–Crippen LogP) is 3.49. The average Bonchev–Trinajstić information content (AvgIpc) is 3.48. The van der Waals surface area contributed by atoms with Gasteiger partial charge >= 0.3 is 5.97 Å². The van der Waals surface area contributed by atoms with Crippen LogP contribution in [0.1, 0.15) is 54.1 Å². The van der Waals surface area contributed by atoms with Crippen LogP contribution in [-0.4, -0.2) is 53.3 Å². The van der Waals surface area contributed by atoms with Crippen LogP contribution < -0.4 is 0 Å². The van der Waals surface area contributed by atoms with Crippen LogP contribution >= 0.6 is 11.3 Å². The van der Waals surface area contributed by atoms with Crippen LogP contribution in [0.4, 0.5) is 0 Å². The molecule has 2 aromatic rings. The van der Waals surface area contributed by atoms with Gasteiger partial charge in [-0.1, -0.05) is 6.07 Å². The second-order valence-electron chi connectivity index (χ2n) is 7.89. The Kier molecular flexibility index (Phi) is 5.69. The lowest BCUT2D eigenvalue weighted by molar-refractivity contribution is -0.149. The molecule has 0 N–H and O–H groups in total. The topological polar surface area (TPSA) is 80.1 Å². The molecule has 2 aliphatic rings. The van der Waals surface area contributed by atoms with E-state index >= 15 is 0 Å². The van der Waals surface area contributed by atoms with E-state index in [-0.39, 0.29) is 24.8 Å². The predicted molar refractivity (Wildman–Crippen MR) is 111 cm³/mol. The van der Waals surface area contributed by atoms with E-state index < -0.39 is 23.5 Å². The van der Waals surface area contributed by atoms with E-state index in [9.17, 15) is 14.4 Å². The highest BCUT2D eigenvalue weighted by molar-refractivity contribution is 7.12. The van der Waals surface area contributed by atoms with Crippen LogP contribution in [0.5, 0.6) is 0 Å². The van der Waals surface area contributed by atoms with Crippen LogP contribution in [-0.2, 0) is 14.3 Å². The van der Waals surface area contributed by atoms with Crippen LogP contribution in [0.2, 0.25) is 0 Å². The number of likely N-dealkylation sites (tertiary alicyclic amines) is 2. The van der Waals surface area contributed by atoms with Crippen molar-refractivity contribution in [1.29, 1.82) is 0 Å². The van der Waals surface area contributed by atoms with E-state index in [4.69, 9.17) is 9.15 Å². The van der Waals surface area contributed by atoms with Gasteiger partial charge in [-0.2, -0.15) is 0 Å². The largest absolute Gasteiger partial charge is 0.467 e. The molecule has 2 fully saturated rings. The smallest absolute Gasteiger partial charge is 0.311 e. The molecule has 160 valence electrons. The number of likely N-dealkylation sites (N-methyl/N-ethyl adjacent to an activating group) is 1. The van der Waals surface area contributed by atoms with E-state index in [2.05, 4.69) is 0 Å². The fraction of sp³-hybridized carbons (Fsp3) is 0.500. The normalized spacial score (nSPS) is 26.8. The van der Waals surface area contributed by atoms with Gasteiger partial charge in [-0.3, -0.25) is 14.4 Å². The van der Waals surface area contributed by atoms with Crippen molar-refractivity contribution in [2.75, 3.05) is 20.2 Å². The molecule has 2 amide bonds. The SMILES string of the molecule is CCOC(=O)[C@H]1C[C@]2(CCCCN(C)C2=O)N(C(=O)c2cccs2)[C@H]1c1ccco1. The summed E-state index contributed by atoms with van der Waals surface area (Å²) in [7, 11) is 1.77. The molecule has 4 rings (SSSR count). The number of thiophene rings is 1.